The summed E-state index contributed by atoms with van der Waals surface area (Å²) >= 11 is 0. The fraction of sp³-hybridized carbons (Fsp3) is 1.00. The van der Waals surface area contributed by atoms with Gasteiger partial charge in [-0.1, -0.05) is 32.1 Å². The average Bonchev–Trinajstić information content (AvgIpc) is 2.08. The zero-order chi connectivity index (χ0) is 10.9. The van der Waals surface area contributed by atoms with E-state index in [2.05, 4.69) is 0 Å². The Kier molecular flexibility index (Phi) is 8.18. The maximum Gasteiger partial charge on any atom is 0.147 e. The van der Waals surface area contributed by atoms with E-state index in [9.17, 15) is 8.42 Å². The first-order valence-electron chi connectivity index (χ1n) is 5.44. The van der Waals surface area contributed by atoms with Gasteiger partial charge < -0.3 is 5.73 Å². The molecule has 0 heterocycles. The van der Waals surface area contributed by atoms with Crippen molar-refractivity contribution in [1.29, 1.82) is 0 Å². The van der Waals surface area contributed by atoms with Crippen molar-refractivity contribution >= 4 is 9.84 Å². The Bertz CT molecular complexity index is 212. The first-order valence-corrected chi connectivity index (χ1v) is 7.50. The summed E-state index contributed by atoms with van der Waals surface area (Å²) in [7, 11) is -2.74. The van der Waals surface area contributed by atoms with E-state index in [1.54, 1.807) is 0 Å². The van der Waals surface area contributed by atoms with Crippen LogP contribution < -0.4 is 5.73 Å². The van der Waals surface area contributed by atoms with Gasteiger partial charge in [0.25, 0.3) is 0 Å². The number of hydrogen-bond acceptors (Lipinski definition) is 3. The van der Waals surface area contributed by atoms with E-state index in [-0.39, 0.29) is 0 Å². The average molecular weight is 221 g/mol. The van der Waals surface area contributed by atoms with E-state index >= 15 is 0 Å². The summed E-state index contributed by atoms with van der Waals surface area (Å²) < 4.78 is 21.6. The SMILES string of the molecule is CS(=O)(=O)CCCCCCCCCN. The third-order valence-electron chi connectivity index (χ3n) is 2.22. The molecule has 0 amide bonds. The molecule has 0 aliphatic heterocycles. The highest BCUT2D eigenvalue weighted by atomic mass is 32.2. The third kappa shape index (κ3) is 11.9. The van der Waals surface area contributed by atoms with Crippen LogP contribution in [0.25, 0.3) is 0 Å². The minimum absolute atomic E-state index is 0.343. The van der Waals surface area contributed by atoms with Crippen molar-refractivity contribution in [2.75, 3.05) is 18.6 Å². The monoisotopic (exact) mass is 221 g/mol. The Morgan fingerprint density at radius 1 is 0.857 bits per heavy atom. The van der Waals surface area contributed by atoms with E-state index < -0.39 is 9.84 Å². The van der Waals surface area contributed by atoms with Crippen LogP contribution in [0.2, 0.25) is 0 Å². The Labute approximate surface area is 88.0 Å². The Balaban J connectivity index is 3.07. The standard InChI is InChI=1S/C10H23NO2S/c1-14(12,13)10-8-6-4-2-3-5-7-9-11/h2-11H2,1H3. The first-order chi connectivity index (χ1) is 6.56. The van der Waals surface area contributed by atoms with Crippen LogP contribution in [0, 0.1) is 0 Å². The van der Waals surface area contributed by atoms with Gasteiger partial charge in [0.2, 0.25) is 0 Å². The molecule has 0 rings (SSSR count). The van der Waals surface area contributed by atoms with Crippen LogP contribution in [0.5, 0.6) is 0 Å². The molecule has 0 aliphatic rings. The summed E-state index contributed by atoms with van der Waals surface area (Å²) in [5.41, 5.74) is 5.37. The Hall–Kier alpha value is -0.0900. The van der Waals surface area contributed by atoms with Gasteiger partial charge >= 0.3 is 0 Å². The van der Waals surface area contributed by atoms with E-state index in [0.29, 0.717) is 5.75 Å². The van der Waals surface area contributed by atoms with Gasteiger partial charge in [-0.2, -0.15) is 0 Å². The second kappa shape index (κ2) is 8.24. The van der Waals surface area contributed by atoms with Gasteiger partial charge in [0.1, 0.15) is 9.84 Å². The lowest BCUT2D eigenvalue weighted by atomic mass is 10.1. The van der Waals surface area contributed by atoms with Crippen LogP contribution in [0.15, 0.2) is 0 Å². The lowest BCUT2D eigenvalue weighted by Crippen LogP contribution is -2.02. The van der Waals surface area contributed by atoms with Gasteiger partial charge in [0.15, 0.2) is 0 Å². The summed E-state index contributed by atoms with van der Waals surface area (Å²) in [4.78, 5) is 0. The molecule has 2 N–H and O–H groups in total. The van der Waals surface area contributed by atoms with Crippen molar-refractivity contribution in [3.05, 3.63) is 0 Å². The molecule has 0 atom stereocenters. The number of rotatable bonds is 9. The lowest BCUT2D eigenvalue weighted by Gasteiger charge is -2.00. The van der Waals surface area contributed by atoms with E-state index in [0.717, 1.165) is 32.2 Å². The van der Waals surface area contributed by atoms with Crippen molar-refractivity contribution in [1.82, 2.24) is 0 Å². The maximum absolute atomic E-state index is 10.8. The highest BCUT2D eigenvalue weighted by Gasteiger charge is 2.00. The molecular weight excluding hydrogens is 198 g/mol. The minimum atomic E-state index is -2.74. The molecule has 0 radical (unpaired) electrons. The van der Waals surface area contributed by atoms with Crippen molar-refractivity contribution in [3.8, 4) is 0 Å². The van der Waals surface area contributed by atoms with Gasteiger partial charge in [0, 0.05) is 12.0 Å². The van der Waals surface area contributed by atoms with Crippen molar-refractivity contribution in [2.24, 2.45) is 5.73 Å². The summed E-state index contributed by atoms with van der Waals surface area (Å²) in [6, 6.07) is 0. The number of hydrogen-bond donors (Lipinski definition) is 1. The molecule has 0 saturated heterocycles. The highest BCUT2D eigenvalue weighted by Crippen LogP contribution is 2.07. The van der Waals surface area contributed by atoms with Crippen LogP contribution in [-0.4, -0.2) is 27.0 Å². The number of nitrogens with two attached hydrogens (primary N) is 1. The molecule has 14 heavy (non-hydrogen) atoms. The molecule has 0 aromatic rings. The first kappa shape index (κ1) is 13.9. The van der Waals surface area contributed by atoms with Gasteiger partial charge in [-0.25, -0.2) is 8.42 Å². The molecule has 0 spiro atoms. The van der Waals surface area contributed by atoms with Crippen LogP contribution in [0.3, 0.4) is 0 Å². The molecule has 4 heteroatoms. The largest absolute Gasteiger partial charge is 0.330 e. The fourth-order valence-electron chi connectivity index (χ4n) is 1.39. The predicted molar refractivity (Wildman–Crippen MR) is 61.1 cm³/mol. The zero-order valence-electron chi connectivity index (χ0n) is 9.17. The van der Waals surface area contributed by atoms with Gasteiger partial charge in [-0.3, -0.25) is 0 Å². The van der Waals surface area contributed by atoms with Crippen molar-refractivity contribution in [2.45, 2.75) is 44.9 Å². The van der Waals surface area contributed by atoms with Crippen LogP contribution in [0.1, 0.15) is 44.9 Å². The highest BCUT2D eigenvalue weighted by molar-refractivity contribution is 7.90. The van der Waals surface area contributed by atoms with Crippen molar-refractivity contribution in [3.63, 3.8) is 0 Å². The zero-order valence-corrected chi connectivity index (χ0v) is 9.98. The van der Waals surface area contributed by atoms with E-state index in [4.69, 9.17) is 5.73 Å². The smallest absolute Gasteiger partial charge is 0.147 e. The summed E-state index contributed by atoms with van der Waals surface area (Å²) in [5, 5.41) is 0. The van der Waals surface area contributed by atoms with Crippen molar-refractivity contribution < 1.29 is 8.42 Å². The summed E-state index contributed by atoms with van der Waals surface area (Å²) in [6.45, 7) is 0.786. The quantitative estimate of drug-likeness (QED) is 0.603. The minimum Gasteiger partial charge on any atom is -0.330 e. The normalized spacial score (nSPS) is 11.9. The Morgan fingerprint density at radius 3 is 1.71 bits per heavy atom. The maximum atomic E-state index is 10.8. The summed E-state index contributed by atoms with van der Waals surface area (Å²) in [5.74, 6) is 0.343. The molecule has 0 fully saturated rings. The number of unbranched alkanes of at least 4 members (excludes halogenated alkanes) is 6. The second-order valence-corrected chi connectivity index (χ2v) is 6.15. The van der Waals surface area contributed by atoms with Crippen LogP contribution in [0.4, 0.5) is 0 Å². The second-order valence-electron chi connectivity index (χ2n) is 3.89. The Morgan fingerprint density at radius 2 is 1.29 bits per heavy atom. The van der Waals surface area contributed by atoms with Gasteiger partial charge in [-0.15, -0.1) is 0 Å². The third-order valence-corrected chi connectivity index (χ3v) is 3.25. The number of sulfone groups is 1. The van der Waals surface area contributed by atoms with E-state index in [1.807, 2.05) is 0 Å². The fourth-order valence-corrected chi connectivity index (χ4v) is 2.12. The van der Waals surface area contributed by atoms with E-state index in [1.165, 1.54) is 25.5 Å². The predicted octanol–water partition coefficient (Wildman–Crippen LogP) is 1.72. The van der Waals surface area contributed by atoms with Gasteiger partial charge in [-0.05, 0) is 19.4 Å². The molecule has 0 unspecified atom stereocenters. The molecule has 0 bridgehead atoms. The molecule has 86 valence electrons. The van der Waals surface area contributed by atoms with Crippen LogP contribution in [-0.2, 0) is 9.84 Å². The summed E-state index contributed by atoms with van der Waals surface area (Å²) in [6.07, 6.45) is 9.07. The molecule has 0 saturated carbocycles. The lowest BCUT2D eigenvalue weighted by molar-refractivity contribution is 0.579. The molecule has 3 nitrogen and oxygen atoms in total. The van der Waals surface area contributed by atoms with Crippen LogP contribution >= 0.6 is 0 Å². The molecule has 0 aliphatic carbocycles. The molecular formula is C10H23NO2S. The van der Waals surface area contributed by atoms with Gasteiger partial charge in [0.05, 0.1) is 0 Å². The molecule has 0 aromatic carbocycles. The molecule has 0 aromatic heterocycles. The topological polar surface area (TPSA) is 60.2 Å².